The second-order valence-electron chi connectivity index (χ2n) is 3.38. The summed E-state index contributed by atoms with van der Waals surface area (Å²) in [6, 6.07) is 0. The van der Waals surface area contributed by atoms with Gasteiger partial charge in [0.15, 0.2) is 0 Å². The fourth-order valence-electron chi connectivity index (χ4n) is 1.61. The van der Waals surface area contributed by atoms with Crippen LogP contribution in [0.2, 0.25) is 0 Å². The van der Waals surface area contributed by atoms with E-state index in [0.29, 0.717) is 0 Å². The molecule has 0 aliphatic carbocycles. The summed E-state index contributed by atoms with van der Waals surface area (Å²) in [5, 5.41) is 17.2. The molecule has 1 heterocycles. The van der Waals surface area contributed by atoms with Gasteiger partial charge in [-0.05, 0) is 6.92 Å². The molecular weight excluding hydrogens is 199 g/mol. The molecule has 1 fully saturated rings. The van der Waals surface area contributed by atoms with E-state index in [4.69, 9.17) is 15.1 Å². The molecule has 7 heteroatoms. The monoisotopic (exact) mass is 208 g/mol. The summed E-state index contributed by atoms with van der Waals surface area (Å²) in [5.74, 6) is -2.87. The number of aliphatic carboxylic acids is 2. The Kier molecular flexibility index (Phi) is 2.01. The lowest BCUT2D eigenvalue weighted by atomic mass is 9.87. The van der Waals surface area contributed by atoms with Crippen LogP contribution in [0, 0.1) is 5.41 Å². The van der Waals surface area contributed by atoms with Crippen molar-refractivity contribution in [3.8, 4) is 0 Å². The molecule has 6 nitrogen and oxygen atoms in total. The van der Waals surface area contributed by atoms with Crippen LogP contribution in [0.15, 0.2) is 0 Å². The highest BCUT2D eigenvalue weighted by atomic mass is 31.2. The topological polar surface area (TPSA) is 112 Å². The second-order valence-corrected chi connectivity index (χ2v) is 5.72. The standard InChI is InChI=1S/C6H9O6P/c1-6(5(9)10)2-13(11,12)3(6)4(7)8/h3H,2H2,1H3,(H,7,8)(H,9,10)(H,11,12)/t3-,6+/m1/s1. The van der Waals surface area contributed by atoms with Crippen LogP contribution in [-0.2, 0) is 14.2 Å². The van der Waals surface area contributed by atoms with Crippen LogP contribution in [0.5, 0.6) is 0 Å². The summed E-state index contributed by atoms with van der Waals surface area (Å²) in [5.41, 5.74) is -3.27. The quantitative estimate of drug-likeness (QED) is 0.542. The van der Waals surface area contributed by atoms with E-state index in [1.54, 1.807) is 0 Å². The van der Waals surface area contributed by atoms with Crippen molar-refractivity contribution in [2.24, 2.45) is 5.41 Å². The average Bonchev–Trinajstić information content (AvgIpc) is 1.81. The fourth-order valence-corrected chi connectivity index (χ4v) is 4.16. The Morgan fingerprint density at radius 1 is 1.46 bits per heavy atom. The molecule has 0 aromatic rings. The van der Waals surface area contributed by atoms with E-state index in [0.717, 1.165) is 0 Å². The van der Waals surface area contributed by atoms with Gasteiger partial charge in [0.1, 0.15) is 5.66 Å². The van der Waals surface area contributed by atoms with E-state index in [1.165, 1.54) is 6.92 Å². The predicted octanol–water partition coefficient (Wildman–Crippen LogP) is -0.186. The van der Waals surface area contributed by atoms with E-state index >= 15 is 0 Å². The maximum Gasteiger partial charge on any atom is 0.317 e. The lowest BCUT2D eigenvalue weighted by Crippen LogP contribution is -2.55. The first-order chi connectivity index (χ1) is 5.72. The average molecular weight is 208 g/mol. The highest BCUT2D eigenvalue weighted by Gasteiger charge is 2.66. The number of hydrogen-bond acceptors (Lipinski definition) is 3. The Hall–Kier alpha value is -0.870. The lowest BCUT2D eigenvalue weighted by Gasteiger charge is -2.43. The number of carboxylic acids is 2. The molecule has 0 amide bonds. The van der Waals surface area contributed by atoms with E-state index in [-0.39, 0.29) is 0 Å². The van der Waals surface area contributed by atoms with Crippen molar-refractivity contribution >= 4 is 19.3 Å². The highest BCUT2D eigenvalue weighted by Crippen LogP contribution is 2.67. The van der Waals surface area contributed by atoms with Crippen molar-refractivity contribution < 1.29 is 29.3 Å². The SMILES string of the molecule is C[C@]1(C(=O)O)CP(=O)(O)[C@@H]1C(=O)O. The van der Waals surface area contributed by atoms with Gasteiger partial charge in [0.2, 0.25) is 7.37 Å². The van der Waals surface area contributed by atoms with E-state index in [1.807, 2.05) is 0 Å². The van der Waals surface area contributed by atoms with Crippen LogP contribution in [0.4, 0.5) is 0 Å². The van der Waals surface area contributed by atoms with Crippen molar-refractivity contribution in [1.82, 2.24) is 0 Å². The molecule has 1 saturated heterocycles. The van der Waals surface area contributed by atoms with Crippen LogP contribution >= 0.6 is 7.37 Å². The molecule has 3 atom stereocenters. The molecule has 0 radical (unpaired) electrons. The van der Waals surface area contributed by atoms with Gasteiger partial charge in [0, 0.05) is 6.16 Å². The lowest BCUT2D eigenvalue weighted by molar-refractivity contribution is -0.154. The third kappa shape index (κ3) is 1.26. The maximum absolute atomic E-state index is 11.1. The van der Waals surface area contributed by atoms with Crippen LogP contribution in [0.25, 0.3) is 0 Å². The first kappa shape index (κ1) is 10.2. The van der Waals surface area contributed by atoms with Crippen LogP contribution in [-0.4, -0.2) is 38.9 Å². The van der Waals surface area contributed by atoms with Gasteiger partial charge >= 0.3 is 11.9 Å². The molecule has 0 aromatic heterocycles. The summed E-state index contributed by atoms with van der Waals surface area (Å²) in [6.45, 7) is 1.17. The Morgan fingerprint density at radius 3 is 2.08 bits per heavy atom. The molecule has 1 aliphatic rings. The Labute approximate surface area is 73.6 Å². The van der Waals surface area contributed by atoms with Crippen LogP contribution in [0.3, 0.4) is 0 Å². The molecule has 1 aliphatic heterocycles. The van der Waals surface area contributed by atoms with Crippen molar-refractivity contribution in [3.63, 3.8) is 0 Å². The van der Waals surface area contributed by atoms with E-state index in [9.17, 15) is 14.2 Å². The number of rotatable bonds is 2. The highest BCUT2D eigenvalue weighted by molar-refractivity contribution is 7.61. The molecule has 0 bridgehead atoms. The summed E-state index contributed by atoms with van der Waals surface area (Å²) in [6.07, 6.45) is -0.466. The molecule has 0 spiro atoms. The van der Waals surface area contributed by atoms with Gasteiger partial charge in [-0.1, -0.05) is 0 Å². The minimum absolute atomic E-state index is 0.466. The van der Waals surface area contributed by atoms with Crippen molar-refractivity contribution in [2.75, 3.05) is 6.16 Å². The normalized spacial score (nSPS) is 43.7. The summed E-state index contributed by atoms with van der Waals surface area (Å²) < 4.78 is 11.1. The molecule has 3 N–H and O–H groups in total. The number of hydrogen-bond donors (Lipinski definition) is 3. The predicted molar refractivity (Wildman–Crippen MR) is 41.9 cm³/mol. The van der Waals surface area contributed by atoms with Crippen molar-refractivity contribution in [2.45, 2.75) is 12.6 Å². The van der Waals surface area contributed by atoms with Gasteiger partial charge < -0.3 is 15.1 Å². The Bertz CT molecular complexity index is 323. The van der Waals surface area contributed by atoms with E-state index < -0.39 is 36.5 Å². The summed E-state index contributed by atoms with van der Waals surface area (Å²) >= 11 is 0. The minimum Gasteiger partial charge on any atom is -0.481 e. The van der Waals surface area contributed by atoms with Gasteiger partial charge in [-0.15, -0.1) is 0 Å². The number of carbonyl (C=O) groups is 2. The van der Waals surface area contributed by atoms with Crippen molar-refractivity contribution in [3.05, 3.63) is 0 Å². The molecule has 1 unspecified atom stereocenters. The van der Waals surface area contributed by atoms with Crippen molar-refractivity contribution in [1.29, 1.82) is 0 Å². The first-order valence-electron chi connectivity index (χ1n) is 3.49. The van der Waals surface area contributed by atoms with Gasteiger partial charge in [-0.25, -0.2) is 0 Å². The number of carboxylic acid groups (broad SMARTS) is 2. The summed E-state index contributed by atoms with van der Waals surface area (Å²) in [4.78, 5) is 30.2. The third-order valence-corrected chi connectivity index (χ3v) is 4.99. The van der Waals surface area contributed by atoms with Gasteiger partial charge in [0.25, 0.3) is 0 Å². The summed E-state index contributed by atoms with van der Waals surface area (Å²) in [7, 11) is -3.79. The van der Waals surface area contributed by atoms with Gasteiger partial charge in [-0.2, -0.15) is 0 Å². The molecule has 13 heavy (non-hydrogen) atoms. The van der Waals surface area contributed by atoms with Crippen LogP contribution in [0.1, 0.15) is 6.92 Å². The second kappa shape index (κ2) is 2.56. The van der Waals surface area contributed by atoms with Gasteiger partial charge in [-0.3, -0.25) is 14.2 Å². The molecule has 1 rings (SSSR count). The molecule has 74 valence electrons. The Balaban J connectivity index is 3.04. The zero-order valence-electron chi connectivity index (χ0n) is 6.80. The zero-order valence-corrected chi connectivity index (χ0v) is 7.69. The van der Waals surface area contributed by atoms with Gasteiger partial charge in [0.05, 0.1) is 5.41 Å². The molecular formula is C6H9O6P. The molecule has 0 saturated carbocycles. The van der Waals surface area contributed by atoms with E-state index in [2.05, 4.69) is 0 Å². The zero-order chi connectivity index (χ0) is 10.4. The third-order valence-electron chi connectivity index (χ3n) is 2.28. The minimum atomic E-state index is -3.79. The van der Waals surface area contributed by atoms with Crippen LogP contribution < -0.4 is 0 Å². The largest absolute Gasteiger partial charge is 0.481 e. The first-order valence-corrected chi connectivity index (χ1v) is 5.41. The smallest absolute Gasteiger partial charge is 0.317 e. The molecule has 0 aromatic carbocycles. The maximum atomic E-state index is 11.1. The fraction of sp³-hybridized carbons (Fsp3) is 0.667. The Morgan fingerprint density at radius 2 is 1.92 bits per heavy atom.